The zero-order chi connectivity index (χ0) is 15.4. The third-order valence-corrected chi connectivity index (χ3v) is 3.22. The summed E-state index contributed by atoms with van der Waals surface area (Å²) in [4.78, 5) is 10.9. The van der Waals surface area contributed by atoms with Crippen LogP contribution in [-0.2, 0) is 0 Å². The molecule has 5 nitrogen and oxygen atoms in total. The number of rotatable bonds is 4. The molecule has 0 bridgehead atoms. The molecule has 21 heavy (non-hydrogen) atoms. The Bertz CT molecular complexity index is 697. The maximum Gasteiger partial charge on any atom is 0.335 e. The number of nitrogens with two attached hydrogens (primary N) is 1. The molecule has 0 saturated heterocycles. The van der Waals surface area contributed by atoms with Crippen molar-refractivity contribution in [2.45, 2.75) is 6.92 Å². The van der Waals surface area contributed by atoms with E-state index in [1.807, 2.05) is 19.1 Å². The Hall–Kier alpha value is -2.53. The number of nitrogen functional groups attached to an aromatic ring is 1. The minimum atomic E-state index is -1.02. The third kappa shape index (κ3) is 3.73. The average Bonchev–Trinajstić information content (AvgIpc) is 2.46. The van der Waals surface area contributed by atoms with Crippen molar-refractivity contribution in [3.8, 4) is 0 Å². The van der Waals surface area contributed by atoms with E-state index in [0.29, 0.717) is 16.4 Å². The first-order valence-electron chi connectivity index (χ1n) is 6.16. The van der Waals surface area contributed by atoms with E-state index in [9.17, 15) is 4.79 Å². The molecule has 2 rings (SSSR count). The Morgan fingerprint density at radius 1 is 1.19 bits per heavy atom. The van der Waals surface area contributed by atoms with Gasteiger partial charge in [-0.3, -0.25) is 5.43 Å². The van der Waals surface area contributed by atoms with Gasteiger partial charge in [-0.05, 0) is 42.8 Å². The highest BCUT2D eigenvalue weighted by Crippen LogP contribution is 2.23. The molecule has 0 aliphatic rings. The number of hydrazone groups is 1. The standard InChI is InChI=1S/C15H14ClN3O2/c1-9(10-2-5-12(17)6-3-10)18-19-14-8-11(15(20)21)4-7-13(14)16/h2-8,19H,17H2,1H3,(H,20,21)/b18-9-. The first-order chi connectivity index (χ1) is 9.97. The highest BCUT2D eigenvalue weighted by atomic mass is 35.5. The average molecular weight is 304 g/mol. The van der Waals surface area contributed by atoms with Crippen LogP contribution in [0, 0.1) is 0 Å². The topological polar surface area (TPSA) is 87.7 Å². The summed E-state index contributed by atoms with van der Waals surface area (Å²) < 4.78 is 0. The number of nitrogens with zero attached hydrogens (tertiary/aromatic N) is 1. The Morgan fingerprint density at radius 2 is 1.81 bits per heavy atom. The molecule has 0 saturated carbocycles. The highest BCUT2D eigenvalue weighted by molar-refractivity contribution is 6.33. The van der Waals surface area contributed by atoms with Crippen LogP contribution in [0.5, 0.6) is 0 Å². The molecule has 4 N–H and O–H groups in total. The molecule has 0 fully saturated rings. The highest BCUT2D eigenvalue weighted by Gasteiger charge is 2.07. The van der Waals surface area contributed by atoms with Crippen molar-refractivity contribution in [2.24, 2.45) is 5.10 Å². The van der Waals surface area contributed by atoms with Gasteiger partial charge in [0.15, 0.2) is 0 Å². The molecule has 2 aromatic carbocycles. The van der Waals surface area contributed by atoms with E-state index < -0.39 is 5.97 Å². The largest absolute Gasteiger partial charge is 0.478 e. The van der Waals surface area contributed by atoms with Crippen molar-refractivity contribution in [1.29, 1.82) is 0 Å². The van der Waals surface area contributed by atoms with Gasteiger partial charge in [-0.2, -0.15) is 5.10 Å². The Balaban J connectivity index is 2.21. The smallest absolute Gasteiger partial charge is 0.335 e. The molecule has 6 heteroatoms. The second-order valence-electron chi connectivity index (χ2n) is 4.43. The van der Waals surface area contributed by atoms with Crippen LogP contribution in [0.1, 0.15) is 22.8 Å². The second kappa shape index (κ2) is 6.28. The molecule has 0 atom stereocenters. The van der Waals surface area contributed by atoms with E-state index in [1.165, 1.54) is 18.2 Å². The quantitative estimate of drug-likeness (QED) is 0.458. The van der Waals surface area contributed by atoms with Crippen molar-refractivity contribution in [2.75, 3.05) is 11.2 Å². The predicted molar refractivity (Wildman–Crippen MR) is 85.1 cm³/mol. The van der Waals surface area contributed by atoms with Gasteiger partial charge in [-0.15, -0.1) is 0 Å². The molecule has 0 unspecified atom stereocenters. The summed E-state index contributed by atoms with van der Waals surface area (Å²) in [6, 6.07) is 11.7. The van der Waals surface area contributed by atoms with Crippen LogP contribution in [0.2, 0.25) is 5.02 Å². The summed E-state index contributed by atoms with van der Waals surface area (Å²) in [5.74, 6) is -1.02. The van der Waals surface area contributed by atoms with Gasteiger partial charge in [0.1, 0.15) is 0 Å². The molecule has 0 aliphatic heterocycles. The van der Waals surface area contributed by atoms with Crippen LogP contribution in [-0.4, -0.2) is 16.8 Å². The van der Waals surface area contributed by atoms with Crippen LogP contribution in [0.3, 0.4) is 0 Å². The number of nitrogens with one attached hydrogen (secondary N) is 1. The number of benzene rings is 2. The number of anilines is 2. The number of carbonyl (C=O) groups is 1. The van der Waals surface area contributed by atoms with Gasteiger partial charge < -0.3 is 10.8 Å². The van der Waals surface area contributed by atoms with Gasteiger partial charge in [0.2, 0.25) is 0 Å². The van der Waals surface area contributed by atoms with Gasteiger partial charge in [0, 0.05) is 5.69 Å². The number of hydrogen-bond donors (Lipinski definition) is 3. The lowest BCUT2D eigenvalue weighted by molar-refractivity contribution is 0.0697. The van der Waals surface area contributed by atoms with Crippen molar-refractivity contribution in [1.82, 2.24) is 0 Å². The number of hydrogen-bond acceptors (Lipinski definition) is 4. The van der Waals surface area contributed by atoms with Gasteiger partial charge in [-0.1, -0.05) is 23.7 Å². The zero-order valence-electron chi connectivity index (χ0n) is 11.3. The molecular weight excluding hydrogens is 290 g/mol. The molecular formula is C15H14ClN3O2. The first-order valence-corrected chi connectivity index (χ1v) is 6.54. The lowest BCUT2D eigenvalue weighted by atomic mass is 10.1. The van der Waals surface area contributed by atoms with Crippen molar-refractivity contribution >= 4 is 34.7 Å². The van der Waals surface area contributed by atoms with Crippen molar-refractivity contribution < 1.29 is 9.90 Å². The van der Waals surface area contributed by atoms with Gasteiger partial charge >= 0.3 is 5.97 Å². The monoisotopic (exact) mass is 303 g/mol. The normalized spacial score (nSPS) is 11.2. The Labute approximate surface area is 127 Å². The maximum atomic E-state index is 10.9. The number of carboxylic acid groups (broad SMARTS) is 1. The lowest BCUT2D eigenvalue weighted by Crippen LogP contribution is -2.02. The Kier molecular flexibility index (Phi) is 4.45. The second-order valence-corrected chi connectivity index (χ2v) is 4.84. The molecule has 2 aromatic rings. The van der Waals surface area contributed by atoms with Gasteiger partial charge in [0.05, 0.1) is 22.0 Å². The van der Waals surface area contributed by atoms with Gasteiger partial charge in [-0.25, -0.2) is 4.79 Å². The van der Waals surface area contributed by atoms with Crippen LogP contribution < -0.4 is 11.2 Å². The number of aromatic carboxylic acids is 1. The molecule has 0 aromatic heterocycles. The molecule has 0 amide bonds. The summed E-state index contributed by atoms with van der Waals surface area (Å²) in [6.45, 7) is 1.83. The minimum absolute atomic E-state index is 0.141. The summed E-state index contributed by atoms with van der Waals surface area (Å²) in [6.07, 6.45) is 0. The minimum Gasteiger partial charge on any atom is -0.478 e. The van der Waals surface area contributed by atoms with Crippen LogP contribution >= 0.6 is 11.6 Å². The summed E-state index contributed by atoms with van der Waals surface area (Å²) >= 11 is 6.01. The van der Waals surface area contributed by atoms with Gasteiger partial charge in [0.25, 0.3) is 0 Å². The fourth-order valence-corrected chi connectivity index (χ4v) is 1.84. The maximum absolute atomic E-state index is 10.9. The first kappa shape index (κ1) is 14.9. The number of carboxylic acids is 1. The molecule has 0 heterocycles. The molecule has 0 spiro atoms. The van der Waals surface area contributed by atoms with E-state index in [2.05, 4.69) is 10.5 Å². The van der Waals surface area contributed by atoms with Crippen molar-refractivity contribution in [3.05, 3.63) is 58.6 Å². The molecule has 0 aliphatic carbocycles. The van der Waals surface area contributed by atoms with E-state index in [-0.39, 0.29) is 5.56 Å². The SMILES string of the molecule is C/C(=N/Nc1cc(C(=O)O)ccc1Cl)c1ccc(N)cc1. The fraction of sp³-hybridized carbons (Fsp3) is 0.0667. The summed E-state index contributed by atoms with van der Waals surface area (Å²) in [7, 11) is 0. The third-order valence-electron chi connectivity index (χ3n) is 2.89. The predicted octanol–water partition coefficient (Wildman–Crippen LogP) is 3.46. The van der Waals surface area contributed by atoms with E-state index in [4.69, 9.17) is 22.4 Å². The van der Waals surface area contributed by atoms with Crippen LogP contribution in [0.25, 0.3) is 0 Å². The van der Waals surface area contributed by atoms with Crippen LogP contribution in [0.4, 0.5) is 11.4 Å². The summed E-state index contributed by atoms with van der Waals surface area (Å²) in [5, 5.41) is 13.6. The Morgan fingerprint density at radius 3 is 2.43 bits per heavy atom. The van der Waals surface area contributed by atoms with E-state index in [0.717, 1.165) is 11.3 Å². The number of halogens is 1. The summed E-state index contributed by atoms with van der Waals surface area (Å²) in [5.41, 5.74) is 11.3. The van der Waals surface area contributed by atoms with Crippen LogP contribution in [0.15, 0.2) is 47.6 Å². The molecule has 108 valence electrons. The molecule has 0 radical (unpaired) electrons. The lowest BCUT2D eigenvalue weighted by Gasteiger charge is -2.07. The van der Waals surface area contributed by atoms with E-state index in [1.54, 1.807) is 12.1 Å². The zero-order valence-corrected chi connectivity index (χ0v) is 12.1. The van der Waals surface area contributed by atoms with Crippen molar-refractivity contribution in [3.63, 3.8) is 0 Å². The van der Waals surface area contributed by atoms with E-state index >= 15 is 0 Å². The fourth-order valence-electron chi connectivity index (χ4n) is 1.68.